The average molecular weight is 816 g/mol. The first kappa shape index (κ1) is 54.4. The number of unbranched alkanes of at least 4 members (excludes halogenated alkanes) is 9. The smallest absolute Gasteiger partial charge is 0.391 e. The molecule has 1 amide bonds. The molecule has 57 heavy (non-hydrogen) atoms. The molecule has 3 N–H and O–H groups in total. The van der Waals surface area contributed by atoms with Gasteiger partial charge in [0.05, 0.1) is 39.9 Å². The highest BCUT2D eigenvalue weighted by Gasteiger charge is 2.28. The fraction of sp³-hybridized carbons (Fsp3) is 0.646. The number of allylic oxidation sites excluding steroid dienone is 16. The number of nitrogens with one attached hydrogen (secondary N) is 1. The van der Waals surface area contributed by atoms with Crippen LogP contribution in [0.3, 0.4) is 0 Å². The summed E-state index contributed by atoms with van der Waals surface area (Å²) in [5.74, 6) is -0.196. The van der Waals surface area contributed by atoms with E-state index < -0.39 is 20.0 Å². The molecule has 0 bridgehead atoms. The highest BCUT2D eigenvalue weighted by Crippen LogP contribution is 2.43. The predicted molar refractivity (Wildman–Crippen MR) is 244 cm³/mol. The van der Waals surface area contributed by atoms with Crippen molar-refractivity contribution in [3.63, 3.8) is 0 Å². The molecule has 0 aliphatic carbocycles. The van der Waals surface area contributed by atoms with Crippen LogP contribution in [0.4, 0.5) is 0 Å². The van der Waals surface area contributed by atoms with Crippen molar-refractivity contribution in [2.24, 2.45) is 0 Å². The van der Waals surface area contributed by atoms with Gasteiger partial charge in [0.1, 0.15) is 13.2 Å². The molecule has 0 rings (SSSR count). The van der Waals surface area contributed by atoms with E-state index in [1.165, 1.54) is 32.1 Å². The van der Waals surface area contributed by atoms with Crippen LogP contribution in [0.15, 0.2) is 97.2 Å². The van der Waals surface area contributed by atoms with Gasteiger partial charge in [0.15, 0.2) is 0 Å². The summed E-state index contributed by atoms with van der Waals surface area (Å²) in [6.45, 7) is 4.67. The first-order valence-corrected chi connectivity index (χ1v) is 23.6. The summed E-state index contributed by atoms with van der Waals surface area (Å²) in [5, 5.41) is 13.8. The number of quaternary nitrogens is 1. The van der Waals surface area contributed by atoms with Crippen LogP contribution < -0.4 is 5.32 Å². The maximum Gasteiger partial charge on any atom is 0.472 e. The molecule has 0 saturated carbocycles. The van der Waals surface area contributed by atoms with Crippen LogP contribution in [0.1, 0.15) is 149 Å². The number of amides is 1. The second kappa shape index (κ2) is 38.9. The summed E-state index contributed by atoms with van der Waals surface area (Å²) in [6, 6.07) is -0.788. The Labute approximate surface area is 349 Å². The van der Waals surface area contributed by atoms with Crippen LogP contribution in [0, 0.1) is 0 Å². The molecule has 3 unspecified atom stereocenters. The van der Waals surface area contributed by atoms with Crippen molar-refractivity contribution in [3.05, 3.63) is 97.2 Å². The Hall–Kier alpha value is -2.58. The summed E-state index contributed by atoms with van der Waals surface area (Å²) >= 11 is 0. The third-order valence-electron chi connectivity index (χ3n) is 9.10. The molecule has 0 heterocycles. The van der Waals surface area contributed by atoms with Gasteiger partial charge in [-0.1, -0.05) is 162 Å². The average Bonchev–Trinajstić information content (AvgIpc) is 3.16. The number of phosphoric acid groups is 1. The molecule has 0 aliphatic rings. The van der Waals surface area contributed by atoms with Crippen molar-refractivity contribution in [3.8, 4) is 0 Å². The number of phosphoric ester groups is 1. The van der Waals surface area contributed by atoms with Crippen LogP contribution >= 0.6 is 7.82 Å². The second-order valence-corrected chi connectivity index (χ2v) is 17.1. The highest BCUT2D eigenvalue weighted by molar-refractivity contribution is 7.47. The van der Waals surface area contributed by atoms with E-state index in [2.05, 4.69) is 116 Å². The fourth-order valence-corrected chi connectivity index (χ4v) is 6.32. The molecule has 3 atom stereocenters. The van der Waals surface area contributed by atoms with Gasteiger partial charge in [-0.15, -0.1) is 0 Å². The minimum Gasteiger partial charge on any atom is -0.391 e. The SMILES string of the molecule is CC/C=C\C/C=C\C/C=C\C/C=C\C/C=C\C/C=C\C/C=C\C/C=C\CCCCC(=O)NC(COP(=O)(O)OCC[N+](C)(C)C)C(O)CCCCCCCCCC. The number of rotatable bonds is 38. The van der Waals surface area contributed by atoms with Crippen LogP contribution in [0.5, 0.6) is 0 Å². The quantitative estimate of drug-likeness (QED) is 0.0248. The van der Waals surface area contributed by atoms with Crippen molar-refractivity contribution >= 4 is 13.7 Å². The Balaban J connectivity index is 4.33. The van der Waals surface area contributed by atoms with E-state index in [1.54, 1.807) is 0 Å². The summed E-state index contributed by atoms with van der Waals surface area (Å²) in [6.07, 6.45) is 54.6. The van der Waals surface area contributed by atoms with Crippen molar-refractivity contribution in [1.29, 1.82) is 0 Å². The van der Waals surface area contributed by atoms with Gasteiger partial charge in [-0.05, 0) is 77.0 Å². The first-order chi connectivity index (χ1) is 27.5. The third kappa shape index (κ3) is 41.4. The van der Waals surface area contributed by atoms with Crippen LogP contribution in [-0.4, -0.2) is 73.4 Å². The van der Waals surface area contributed by atoms with Gasteiger partial charge >= 0.3 is 7.82 Å². The lowest BCUT2D eigenvalue weighted by molar-refractivity contribution is -0.870. The van der Waals surface area contributed by atoms with Crippen molar-refractivity contribution in [2.45, 2.75) is 161 Å². The summed E-state index contributed by atoms with van der Waals surface area (Å²) in [5.41, 5.74) is 0. The number of aliphatic hydroxyl groups excluding tert-OH is 1. The number of hydrogen-bond donors (Lipinski definition) is 3. The summed E-state index contributed by atoms with van der Waals surface area (Å²) in [4.78, 5) is 23.0. The fourth-order valence-electron chi connectivity index (χ4n) is 5.59. The van der Waals surface area contributed by atoms with Crippen molar-refractivity contribution < 1.29 is 32.9 Å². The Morgan fingerprint density at radius 3 is 1.51 bits per heavy atom. The van der Waals surface area contributed by atoms with Gasteiger partial charge in [0.2, 0.25) is 5.91 Å². The molecule has 9 heteroatoms. The zero-order valence-electron chi connectivity index (χ0n) is 36.8. The Morgan fingerprint density at radius 1 is 0.614 bits per heavy atom. The van der Waals surface area contributed by atoms with E-state index in [-0.39, 0.29) is 19.1 Å². The Morgan fingerprint density at radius 2 is 1.05 bits per heavy atom. The largest absolute Gasteiger partial charge is 0.472 e. The van der Waals surface area contributed by atoms with Crippen LogP contribution in [-0.2, 0) is 18.4 Å². The molecule has 0 radical (unpaired) electrons. The van der Waals surface area contributed by atoms with Crippen molar-refractivity contribution in [2.75, 3.05) is 40.9 Å². The number of carbonyl (C=O) groups excluding carboxylic acids is 1. The lowest BCUT2D eigenvalue weighted by atomic mass is 10.0. The second-order valence-electron chi connectivity index (χ2n) is 15.7. The molecule has 8 nitrogen and oxygen atoms in total. The van der Waals surface area contributed by atoms with Gasteiger partial charge in [-0.25, -0.2) is 4.57 Å². The highest BCUT2D eigenvalue weighted by atomic mass is 31.2. The van der Waals surface area contributed by atoms with Gasteiger partial charge in [0, 0.05) is 6.42 Å². The third-order valence-corrected chi connectivity index (χ3v) is 10.1. The molecule has 0 spiro atoms. The standard InChI is InChI=1S/C48H83N2O6P/c1-6-8-10-12-14-16-17-18-19-20-21-22-23-24-25-26-27-28-29-30-31-32-33-34-36-38-40-42-48(52)49-46(45-56-57(53,54)55-44-43-50(3,4)5)47(51)41-39-37-35-15-13-11-9-7-2/h8,10,14,16,18-19,21-22,24-25,27-28,30-31,33-34,46-47,51H,6-7,9,11-13,15,17,20,23,26,29,32,35-45H2,1-5H3,(H-,49,52,53,54)/p+1/b10-8-,16-14-,19-18-,22-21-,25-24-,28-27-,31-30-,34-33-. The lowest BCUT2D eigenvalue weighted by Gasteiger charge is -2.26. The number of nitrogens with zero attached hydrogens (tertiary/aromatic N) is 1. The normalized spacial score (nSPS) is 15.3. The zero-order chi connectivity index (χ0) is 42.1. The molecule has 0 saturated heterocycles. The van der Waals surface area contributed by atoms with E-state index >= 15 is 0 Å². The van der Waals surface area contributed by atoms with Gasteiger partial charge in [-0.3, -0.25) is 13.8 Å². The molecule has 326 valence electrons. The molecule has 0 fully saturated rings. The monoisotopic (exact) mass is 816 g/mol. The van der Waals surface area contributed by atoms with E-state index in [4.69, 9.17) is 9.05 Å². The van der Waals surface area contributed by atoms with Gasteiger partial charge < -0.3 is 19.8 Å². The minimum atomic E-state index is -4.32. The van der Waals surface area contributed by atoms with E-state index in [9.17, 15) is 19.4 Å². The number of likely N-dealkylation sites (N-methyl/N-ethyl adjacent to an activating group) is 1. The summed E-state index contributed by atoms with van der Waals surface area (Å²) < 4.78 is 23.5. The molecule has 0 aromatic carbocycles. The number of hydrogen-bond acceptors (Lipinski definition) is 5. The maximum atomic E-state index is 12.8. The predicted octanol–water partition coefficient (Wildman–Crippen LogP) is 12.4. The molecule has 0 aromatic rings. The summed E-state index contributed by atoms with van der Waals surface area (Å²) in [7, 11) is 1.56. The van der Waals surface area contributed by atoms with Crippen LogP contribution in [0.2, 0.25) is 0 Å². The van der Waals surface area contributed by atoms with Gasteiger partial charge in [0.25, 0.3) is 0 Å². The molecule has 0 aliphatic heterocycles. The number of carbonyl (C=O) groups is 1. The lowest BCUT2D eigenvalue weighted by Crippen LogP contribution is -2.46. The van der Waals surface area contributed by atoms with Crippen LogP contribution in [0.25, 0.3) is 0 Å². The molecule has 0 aromatic heterocycles. The number of aliphatic hydroxyl groups is 1. The minimum absolute atomic E-state index is 0.0597. The Bertz CT molecular complexity index is 1240. The van der Waals surface area contributed by atoms with E-state index in [0.717, 1.165) is 83.5 Å². The maximum absolute atomic E-state index is 12.8. The van der Waals surface area contributed by atoms with Crippen molar-refractivity contribution in [1.82, 2.24) is 5.32 Å². The van der Waals surface area contributed by atoms with E-state index in [1.807, 2.05) is 21.1 Å². The molecular weight excluding hydrogens is 732 g/mol. The zero-order valence-corrected chi connectivity index (χ0v) is 37.7. The Kier molecular flexibility index (Phi) is 37.2. The molecular formula is C48H84N2O6P+. The van der Waals surface area contributed by atoms with E-state index in [0.29, 0.717) is 30.3 Å². The van der Waals surface area contributed by atoms with Gasteiger partial charge in [-0.2, -0.15) is 0 Å². The topological polar surface area (TPSA) is 105 Å². The first-order valence-electron chi connectivity index (χ1n) is 22.1.